The minimum absolute atomic E-state index is 0.0175. The van der Waals surface area contributed by atoms with E-state index in [-0.39, 0.29) is 5.69 Å². The van der Waals surface area contributed by atoms with E-state index in [1.807, 2.05) is 6.92 Å². The zero-order valence-corrected chi connectivity index (χ0v) is 15.1. The van der Waals surface area contributed by atoms with E-state index in [0.717, 1.165) is 0 Å². The Morgan fingerprint density at radius 1 is 1.32 bits per heavy atom. The van der Waals surface area contributed by atoms with E-state index in [9.17, 15) is 14.9 Å². The van der Waals surface area contributed by atoms with Crippen molar-refractivity contribution < 1.29 is 14.5 Å². The Morgan fingerprint density at radius 2 is 2.00 bits per heavy atom. The van der Waals surface area contributed by atoms with E-state index < -0.39 is 28.3 Å². The molecule has 2 atom stereocenters. The number of hydrogen-bond donors (Lipinski definition) is 0. The number of carbonyl (C=O) groups is 1. The zero-order valence-electron chi connectivity index (χ0n) is 15.1. The summed E-state index contributed by atoms with van der Waals surface area (Å²) in [5.41, 5.74) is 1.27. The topological polar surface area (TPSA) is 94.2 Å². The van der Waals surface area contributed by atoms with Gasteiger partial charge in [0.15, 0.2) is 0 Å². The van der Waals surface area contributed by atoms with Crippen LogP contribution in [0.3, 0.4) is 0 Å². The number of hydrogen-bond acceptors (Lipinski definition) is 6. The van der Waals surface area contributed by atoms with Gasteiger partial charge in [-0.1, -0.05) is 19.1 Å². The van der Waals surface area contributed by atoms with Crippen molar-refractivity contribution in [1.82, 2.24) is 0 Å². The lowest BCUT2D eigenvalue weighted by Crippen LogP contribution is -2.39. The molecule has 134 valence electrons. The minimum atomic E-state index is -0.645. The van der Waals surface area contributed by atoms with Crippen LogP contribution in [-0.4, -0.2) is 27.9 Å². The van der Waals surface area contributed by atoms with Crippen molar-refractivity contribution in [2.75, 3.05) is 0 Å². The van der Waals surface area contributed by atoms with Crippen LogP contribution in [-0.2, 0) is 9.53 Å². The van der Waals surface area contributed by atoms with Crippen molar-refractivity contribution >= 4 is 23.1 Å². The molecule has 0 spiro atoms. The SMILES string of the molecule is CCC1=NN=C(C)C(C(=O)OC(C)(C)C)C1c1cccc([N+](=O)[O-])c1. The van der Waals surface area contributed by atoms with E-state index in [2.05, 4.69) is 10.2 Å². The summed E-state index contributed by atoms with van der Waals surface area (Å²) in [5.74, 6) is -1.46. The average molecular weight is 345 g/mol. The van der Waals surface area contributed by atoms with Crippen LogP contribution in [0.4, 0.5) is 5.69 Å². The predicted molar refractivity (Wildman–Crippen MR) is 96.0 cm³/mol. The van der Waals surface area contributed by atoms with Crippen molar-refractivity contribution in [3.05, 3.63) is 39.9 Å². The molecule has 0 aromatic heterocycles. The van der Waals surface area contributed by atoms with Crippen molar-refractivity contribution in [2.24, 2.45) is 16.1 Å². The average Bonchev–Trinajstić information content (AvgIpc) is 2.52. The first-order valence-corrected chi connectivity index (χ1v) is 8.22. The fraction of sp³-hybridized carbons (Fsp3) is 0.500. The molecule has 0 saturated carbocycles. The Bertz CT molecular complexity index is 747. The van der Waals surface area contributed by atoms with Crippen LogP contribution < -0.4 is 0 Å². The smallest absolute Gasteiger partial charge is 0.316 e. The number of esters is 1. The highest BCUT2D eigenvalue weighted by Gasteiger charge is 2.40. The second-order valence-corrected chi connectivity index (χ2v) is 7.03. The van der Waals surface area contributed by atoms with Gasteiger partial charge in [-0.3, -0.25) is 14.9 Å². The van der Waals surface area contributed by atoms with E-state index >= 15 is 0 Å². The van der Waals surface area contributed by atoms with Crippen molar-refractivity contribution in [3.63, 3.8) is 0 Å². The van der Waals surface area contributed by atoms with Crippen LogP contribution in [0.5, 0.6) is 0 Å². The first kappa shape index (κ1) is 18.8. The van der Waals surface area contributed by atoms with E-state index in [4.69, 9.17) is 4.74 Å². The Morgan fingerprint density at radius 3 is 2.56 bits per heavy atom. The Labute approximate surface area is 146 Å². The third-order valence-corrected chi connectivity index (χ3v) is 3.94. The molecule has 0 bridgehead atoms. The standard InChI is InChI=1S/C18H23N3O4/c1-6-14-16(12-8-7-9-13(10-12)21(23)24)15(11(2)19-20-14)17(22)25-18(3,4)5/h7-10,15-16H,6H2,1-5H3. The summed E-state index contributed by atoms with van der Waals surface area (Å²) < 4.78 is 5.56. The predicted octanol–water partition coefficient (Wildman–Crippen LogP) is 3.88. The molecule has 1 aliphatic rings. The van der Waals surface area contributed by atoms with Crippen LogP contribution in [0.1, 0.15) is 52.5 Å². The fourth-order valence-electron chi connectivity index (χ4n) is 2.88. The highest BCUT2D eigenvalue weighted by atomic mass is 16.6. The maximum absolute atomic E-state index is 12.8. The number of ether oxygens (including phenoxy) is 1. The lowest BCUT2D eigenvalue weighted by Gasteiger charge is -2.31. The molecule has 0 fully saturated rings. The Hall–Kier alpha value is -2.57. The normalized spacial score (nSPS) is 20.5. The largest absolute Gasteiger partial charge is 0.459 e. The first-order valence-electron chi connectivity index (χ1n) is 8.22. The molecule has 2 unspecified atom stereocenters. The molecule has 25 heavy (non-hydrogen) atoms. The third-order valence-electron chi connectivity index (χ3n) is 3.94. The first-order chi connectivity index (χ1) is 11.6. The molecule has 1 aliphatic heterocycles. The minimum Gasteiger partial charge on any atom is -0.459 e. The monoisotopic (exact) mass is 345 g/mol. The second kappa shape index (κ2) is 7.13. The van der Waals surface area contributed by atoms with Crippen LogP contribution >= 0.6 is 0 Å². The lowest BCUT2D eigenvalue weighted by molar-refractivity contribution is -0.384. The van der Waals surface area contributed by atoms with Crippen molar-refractivity contribution in [2.45, 2.75) is 52.6 Å². The number of nitrogens with zero attached hydrogens (tertiary/aromatic N) is 3. The van der Waals surface area contributed by atoms with Gasteiger partial charge in [0.1, 0.15) is 11.5 Å². The van der Waals surface area contributed by atoms with Crippen LogP contribution in [0, 0.1) is 16.0 Å². The van der Waals surface area contributed by atoms with Gasteiger partial charge in [-0.15, -0.1) is 0 Å². The van der Waals surface area contributed by atoms with E-state index in [0.29, 0.717) is 23.4 Å². The second-order valence-electron chi connectivity index (χ2n) is 7.03. The van der Waals surface area contributed by atoms with Gasteiger partial charge in [0.2, 0.25) is 0 Å². The lowest BCUT2D eigenvalue weighted by atomic mass is 9.78. The summed E-state index contributed by atoms with van der Waals surface area (Å²) >= 11 is 0. The molecule has 1 aromatic carbocycles. The quantitative estimate of drug-likeness (QED) is 0.470. The van der Waals surface area contributed by atoms with Gasteiger partial charge in [0.05, 0.1) is 10.6 Å². The molecule has 0 aliphatic carbocycles. The summed E-state index contributed by atoms with van der Waals surface area (Å²) in [6.07, 6.45) is 0.587. The van der Waals surface area contributed by atoms with Crippen LogP contribution in [0.25, 0.3) is 0 Å². The summed E-state index contributed by atoms with van der Waals surface area (Å²) in [5, 5.41) is 19.4. The molecule has 2 rings (SSSR count). The molecule has 0 saturated heterocycles. The van der Waals surface area contributed by atoms with Crippen molar-refractivity contribution in [3.8, 4) is 0 Å². The van der Waals surface area contributed by atoms with Crippen LogP contribution in [0.2, 0.25) is 0 Å². The van der Waals surface area contributed by atoms with Gasteiger partial charge in [0, 0.05) is 23.8 Å². The Kier molecular flexibility index (Phi) is 5.35. The zero-order chi connectivity index (χ0) is 18.8. The fourth-order valence-corrected chi connectivity index (χ4v) is 2.88. The highest BCUT2D eigenvalue weighted by Crippen LogP contribution is 2.35. The van der Waals surface area contributed by atoms with Gasteiger partial charge in [-0.05, 0) is 39.7 Å². The molecule has 1 heterocycles. The molecule has 0 N–H and O–H groups in total. The summed E-state index contributed by atoms with van der Waals surface area (Å²) in [7, 11) is 0. The summed E-state index contributed by atoms with van der Waals surface area (Å²) in [6, 6.07) is 6.32. The number of nitro benzene ring substituents is 1. The maximum atomic E-state index is 12.8. The number of carbonyl (C=O) groups excluding carboxylic acids is 1. The summed E-state index contributed by atoms with van der Waals surface area (Å²) in [4.78, 5) is 23.5. The van der Waals surface area contributed by atoms with Gasteiger partial charge in [-0.2, -0.15) is 10.2 Å². The highest BCUT2D eigenvalue weighted by molar-refractivity contribution is 6.10. The van der Waals surface area contributed by atoms with E-state index in [1.165, 1.54) is 12.1 Å². The number of rotatable bonds is 4. The molecule has 1 aromatic rings. The summed E-state index contributed by atoms with van der Waals surface area (Å²) in [6.45, 7) is 9.06. The molecule has 7 nitrogen and oxygen atoms in total. The van der Waals surface area contributed by atoms with Crippen molar-refractivity contribution in [1.29, 1.82) is 0 Å². The molecular weight excluding hydrogens is 322 g/mol. The van der Waals surface area contributed by atoms with E-state index in [1.54, 1.807) is 39.8 Å². The number of nitro groups is 1. The molecule has 0 radical (unpaired) electrons. The molecule has 0 amide bonds. The van der Waals surface area contributed by atoms with Gasteiger partial charge in [-0.25, -0.2) is 0 Å². The van der Waals surface area contributed by atoms with Gasteiger partial charge >= 0.3 is 5.97 Å². The molecular formula is C18H23N3O4. The number of benzene rings is 1. The molecule has 7 heteroatoms. The number of non-ortho nitro benzene ring substituents is 1. The third kappa shape index (κ3) is 4.29. The van der Waals surface area contributed by atoms with Gasteiger partial charge < -0.3 is 4.74 Å². The van der Waals surface area contributed by atoms with Gasteiger partial charge in [0.25, 0.3) is 5.69 Å². The Balaban J connectivity index is 2.50. The van der Waals surface area contributed by atoms with Crippen LogP contribution in [0.15, 0.2) is 34.5 Å². The maximum Gasteiger partial charge on any atom is 0.316 e.